The molecule has 0 fully saturated rings. The lowest BCUT2D eigenvalue weighted by molar-refractivity contribution is 0.287. The maximum atomic E-state index is 9.84. The molecule has 18 heavy (non-hydrogen) atoms. The minimum absolute atomic E-state index is 0.256. The molecule has 0 aromatic heterocycles. The second-order valence-corrected chi connectivity index (χ2v) is 4.65. The van der Waals surface area contributed by atoms with E-state index in [0.717, 1.165) is 17.0 Å². The summed E-state index contributed by atoms with van der Waals surface area (Å²) in [6.07, 6.45) is 0. The van der Waals surface area contributed by atoms with Crippen molar-refractivity contribution in [2.45, 2.75) is 6.54 Å². The van der Waals surface area contributed by atoms with Crippen LogP contribution in [0.5, 0.6) is 11.5 Å². The van der Waals surface area contributed by atoms with Crippen molar-refractivity contribution in [3.63, 3.8) is 0 Å². The van der Waals surface area contributed by atoms with Gasteiger partial charge in [-0.3, -0.25) is 0 Å². The number of hydrogen-bond donors (Lipinski definition) is 1. The highest BCUT2D eigenvalue weighted by atomic mass is 35.5. The van der Waals surface area contributed by atoms with Gasteiger partial charge in [-0.05, 0) is 30.3 Å². The van der Waals surface area contributed by atoms with Crippen LogP contribution in [-0.2, 0) is 6.54 Å². The Morgan fingerprint density at radius 1 is 1.17 bits per heavy atom. The number of phenolic OH excluding ortho intramolecular Hbond substituents is 1. The molecule has 3 rings (SSSR count). The Kier molecular flexibility index (Phi) is 2.76. The maximum Gasteiger partial charge on any atom is 0.161 e. The molecule has 0 atom stereocenters. The summed E-state index contributed by atoms with van der Waals surface area (Å²) in [5, 5.41) is 10.5. The zero-order valence-electron chi connectivity index (χ0n) is 9.64. The van der Waals surface area contributed by atoms with Crippen molar-refractivity contribution in [1.82, 2.24) is 0 Å². The van der Waals surface area contributed by atoms with E-state index in [0.29, 0.717) is 18.3 Å². The zero-order valence-corrected chi connectivity index (χ0v) is 10.4. The summed E-state index contributed by atoms with van der Waals surface area (Å²) in [4.78, 5) is 1.97. The van der Waals surface area contributed by atoms with E-state index in [1.807, 2.05) is 35.2 Å². The van der Waals surface area contributed by atoms with Gasteiger partial charge in [-0.15, -0.1) is 0 Å². The second-order valence-electron chi connectivity index (χ2n) is 4.21. The topological polar surface area (TPSA) is 32.7 Å². The number of hydrogen-bond acceptors (Lipinski definition) is 3. The van der Waals surface area contributed by atoms with Crippen LogP contribution in [0.4, 0.5) is 5.69 Å². The van der Waals surface area contributed by atoms with Gasteiger partial charge in [-0.25, -0.2) is 0 Å². The molecular weight excluding hydrogens is 250 g/mol. The van der Waals surface area contributed by atoms with Crippen LogP contribution >= 0.6 is 11.6 Å². The summed E-state index contributed by atoms with van der Waals surface area (Å²) in [5.74, 6) is 1.11. The van der Waals surface area contributed by atoms with Crippen LogP contribution in [0.15, 0.2) is 42.5 Å². The molecule has 0 radical (unpaired) electrons. The molecule has 2 aromatic rings. The third-order valence-electron chi connectivity index (χ3n) is 2.98. The van der Waals surface area contributed by atoms with Crippen molar-refractivity contribution in [3.05, 3.63) is 53.1 Å². The number of aromatic hydroxyl groups is 1. The van der Waals surface area contributed by atoms with Crippen LogP contribution in [0.3, 0.4) is 0 Å². The quantitative estimate of drug-likeness (QED) is 0.854. The van der Waals surface area contributed by atoms with Crippen LogP contribution in [-0.4, -0.2) is 11.8 Å². The first-order valence-corrected chi connectivity index (χ1v) is 6.06. The third kappa shape index (κ3) is 1.97. The number of nitrogens with zero attached hydrogens (tertiary/aromatic N) is 1. The first-order valence-electron chi connectivity index (χ1n) is 5.68. The Labute approximate surface area is 110 Å². The Morgan fingerprint density at radius 3 is 2.83 bits per heavy atom. The van der Waals surface area contributed by atoms with Gasteiger partial charge in [0.25, 0.3) is 0 Å². The van der Waals surface area contributed by atoms with Gasteiger partial charge in [-0.2, -0.15) is 0 Å². The minimum atomic E-state index is 0.256. The molecule has 0 saturated heterocycles. The van der Waals surface area contributed by atoms with E-state index in [9.17, 15) is 5.11 Å². The highest BCUT2D eigenvalue weighted by Gasteiger charge is 2.19. The number of anilines is 1. The second kappa shape index (κ2) is 4.42. The van der Waals surface area contributed by atoms with Crippen molar-refractivity contribution < 1.29 is 9.84 Å². The molecule has 1 N–H and O–H groups in total. The van der Waals surface area contributed by atoms with E-state index in [1.165, 1.54) is 0 Å². The SMILES string of the molecule is Oc1ccccc1N1COc2ccc(Cl)cc2C1. The van der Waals surface area contributed by atoms with E-state index >= 15 is 0 Å². The zero-order chi connectivity index (χ0) is 12.5. The fourth-order valence-electron chi connectivity index (χ4n) is 2.10. The van der Waals surface area contributed by atoms with Crippen molar-refractivity contribution >= 4 is 17.3 Å². The molecular formula is C14H12ClNO2. The minimum Gasteiger partial charge on any atom is -0.506 e. The van der Waals surface area contributed by atoms with Gasteiger partial charge in [0.1, 0.15) is 11.5 Å². The summed E-state index contributed by atoms with van der Waals surface area (Å²) < 4.78 is 5.66. The number of rotatable bonds is 1. The normalized spacial score (nSPS) is 13.9. The van der Waals surface area contributed by atoms with Gasteiger partial charge >= 0.3 is 0 Å². The Hall–Kier alpha value is -1.87. The average Bonchev–Trinajstić information content (AvgIpc) is 2.38. The van der Waals surface area contributed by atoms with E-state index in [2.05, 4.69) is 0 Å². The number of ether oxygens (including phenoxy) is 1. The molecule has 0 amide bonds. The van der Waals surface area contributed by atoms with E-state index in [-0.39, 0.29) is 5.75 Å². The van der Waals surface area contributed by atoms with Gasteiger partial charge in [0.05, 0.1) is 12.2 Å². The number of halogens is 1. The van der Waals surface area contributed by atoms with Crippen molar-refractivity contribution in [3.8, 4) is 11.5 Å². The van der Waals surface area contributed by atoms with Crippen LogP contribution in [0, 0.1) is 0 Å². The molecule has 0 bridgehead atoms. The molecule has 1 heterocycles. The number of para-hydroxylation sites is 2. The smallest absolute Gasteiger partial charge is 0.161 e. The molecule has 4 heteroatoms. The lowest BCUT2D eigenvalue weighted by Gasteiger charge is -2.31. The molecule has 1 aliphatic heterocycles. The first kappa shape index (κ1) is 11.2. The van der Waals surface area contributed by atoms with Gasteiger partial charge < -0.3 is 14.7 Å². The van der Waals surface area contributed by atoms with Gasteiger partial charge in [0.15, 0.2) is 6.73 Å². The largest absolute Gasteiger partial charge is 0.506 e. The van der Waals surface area contributed by atoms with Crippen molar-refractivity contribution in [2.75, 3.05) is 11.6 Å². The first-order chi connectivity index (χ1) is 8.74. The van der Waals surface area contributed by atoms with E-state index in [1.54, 1.807) is 12.1 Å². The van der Waals surface area contributed by atoms with Crippen molar-refractivity contribution in [1.29, 1.82) is 0 Å². The molecule has 0 saturated carbocycles. The number of benzene rings is 2. The molecule has 1 aliphatic rings. The molecule has 0 unspecified atom stereocenters. The molecule has 0 aliphatic carbocycles. The Bertz CT molecular complexity index is 586. The van der Waals surface area contributed by atoms with E-state index in [4.69, 9.17) is 16.3 Å². The molecule has 2 aromatic carbocycles. The number of phenols is 1. The van der Waals surface area contributed by atoms with Crippen molar-refractivity contribution in [2.24, 2.45) is 0 Å². The van der Waals surface area contributed by atoms with Gasteiger partial charge in [0.2, 0.25) is 0 Å². The lowest BCUT2D eigenvalue weighted by atomic mass is 10.1. The summed E-state index contributed by atoms with van der Waals surface area (Å²) >= 11 is 5.98. The summed E-state index contributed by atoms with van der Waals surface area (Å²) in [6.45, 7) is 1.10. The van der Waals surface area contributed by atoms with Crippen LogP contribution in [0.25, 0.3) is 0 Å². The van der Waals surface area contributed by atoms with Gasteiger partial charge in [0, 0.05) is 10.6 Å². The summed E-state index contributed by atoms with van der Waals surface area (Å²) in [6, 6.07) is 12.8. The molecule has 3 nitrogen and oxygen atoms in total. The summed E-state index contributed by atoms with van der Waals surface area (Å²) in [7, 11) is 0. The van der Waals surface area contributed by atoms with Crippen LogP contribution in [0.1, 0.15) is 5.56 Å². The standard InChI is InChI=1S/C14H12ClNO2/c15-11-5-6-14-10(7-11)8-16(9-18-14)12-3-1-2-4-13(12)17/h1-7,17H,8-9H2. The highest BCUT2D eigenvalue weighted by Crippen LogP contribution is 2.33. The van der Waals surface area contributed by atoms with Crippen LogP contribution in [0.2, 0.25) is 5.02 Å². The third-order valence-corrected chi connectivity index (χ3v) is 3.22. The molecule has 92 valence electrons. The van der Waals surface area contributed by atoms with E-state index < -0.39 is 0 Å². The highest BCUT2D eigenvalue weighted by molar-refractivity contribution is 6.30. The lowest BCUT2D eigenvalue weighted by Crippen LogP contribution is -2.31. The average molecular weight is 262 g/mol. The predicted octanol–water partition coefficient (Wildman–Crippen LogP) is 3.40. The number of fused-ring (bicyclic) bond motifs is 1. The van der Waals surface area contributed by atoms with Crippen LogP contribution < -0.4 is 9.64 Å². The predicted molar refractivity (Wildman–Crippen MR) is 71.2 cm³/mol. The Morgan fingerprint density at radius 2 is 2.00 bits per heavy atom. The fourth-order valence-corrected chi connectivity index (χ4v) is 2.29. The maximum absolute atomic E-state index is 9.84. The van der Waals surface area contributed by atoms with Gasteiger partial charge in [-0.1, -0.05) is 23.7 Å². The molecule has 0 spiro atoms. The monoisotopic (exact) mass is 261 g/mol. The summed E-state index contributed by atoms with van der Waals surface area (Å²) in [5.41, 5.74) is 1.79. The Balaban J connectivity index is 1.93. The fraction of sp³-hybridized carbons (Fsp3) is 0.143.